The van der Waals surface area contributed by atoms with Crippen molar-refractivity contribution in [1.82, 2.24) is 15.3 Å². The monoisotopic (exact) mass is 285 g/mol. The molecule has 2 aromatic rings. The van der Waals surface area contributed by atoms with Gasteiger partial charge in [-0.05, 0) is 45.9 Å². The van der Waals surface area contributed by atoms with E-state index in [1.54, 1.807) is 0 Å². The number of fused-ring (bicyclic) bond motifs is 1. The van der Waals surface area contributed by atoms with Crippen LogP contribution in [0, 0.1) is 18.8 Å². The number of nitrogens with zero attached hydrogens (tertiary/aromatic N) is 1. The van der Waals surface area contributed by atoms with Gasteiger partial charge in [0.15, 0.2) is 0 Å². The van der Waals surface area contributed by atoms with Crippen LogP contribution in [0.5, 0.6) is 0 Å². The average molecular weight is 285 g/mol. The molecule has 0 atom stereocenters. The molecule has 0 aliphatic rings. The minimum absolute atomic E-state index is 0.245. The van der Waals surface area contributed by atoms with E-state index < -0.39 is 11.7 Å². The molecule has 2 rings (SSSR count). The highest BCUT2D eigenvalue weighted by Gasteiger charge is 2.14. The van der Waals surface area contributed by atoms with E-state index in [0.717, 1.165) is 22.4 Å². The van der Waals surface area contributed by atoms with Crippen molar-refractivity contribution in [3.63, 3.8) is 0 Å². The Morgan fingerprint density at radius 1 is 1.43 bits per heavy atom. The summed E-state index contributed by atoms with van der Waals surface area (Å²) in [5.74, 6) is 6.77. The zero-order valence-corrected chi connectivity index (χ0v) is 12.7. The third-order valence-electron chi connectivity index (χ3n) is 2.55. The van der Waals surface area contributed by atoms with Gasteiger partial charge in [-0.1, -0.05) is 11.8 Å². The van der Waals surface area contributed by atoms with Crippen molar-refractivity contribution in [3.8, 4) is 11.8 Å². The summed E-state index contributed by atoms with van der Waals surface area (Å²) in [7, 11) is 0. The van der Waals surface area contributed by atoms with Crippen LogP contribution < -0.4 is 5.32 Å². The van der Waals surface area contributed by atoms with E-state index in [-0.39, 0.29) is 6.54 Å². The van der Waals surface area contributed by atoms with Gasteiger partial charge in [-0.2, -0.15) is 0 Å². The van der Waals surface area contributed by atoms with Crippen molar-refractivity contribution in [2.75, 3.05) is 6.54 Å². The van der Waals surface area contributed by atoms with Crippen LogP contribution in [-0.2, 0) is 4.74 Å². The molecule has 21 heavy (non-hydrogen) atoms. The number of hydrogen-bond donors (Lipinski definition) is 2. The predicted molar refractivity (Wildman–Crippen MR) is 81.9 cm³/mol. The number of carbonyl (C=O) groups excluding carboxylic acids is 1. The van der Waals surface area contributed by atoms with Crippen LogP contribution in [-0.4, -0.2) is 28.2 Å². The fourth-order valence-electron chi connectivity index (χ4n) is 1.79. The van der Waals surface area contributed by atoms with Gasteiger partial charge in [-0.3, -0.25) is 0 Å². The van der Waals surface area contributed by atoms with Crippen molar-refractivity contribution >= 4 is 17.1 Å². The quantitative estimate of drug-likeness (QED) is 0.792. The van der Waals surface area contributed by atoms with Crippen LogP contribution >= 0.6 is 0 Å². The summed E-state index contributed by atoms with van der Waals surface area (Å²) in [5.41, 5.74) is 2.25. The lowest BCUT2D eigenvalue weighted by Gasteiger charge is -2.18. The normalized spacial score (nSPS) is 10.9. The van der Waals surface area contributed by atoms with Crippen molar-refractivity contribution in [3.05, 3.63) is 29.6 Å². The molecule has 1 aromatic heterocycles. The molecular weight excluding hydrogens is 266 g/mol. The Morgan fingerprint density at radius 2 is 2.19 bits per heavy atom. The Bertz CT molecular complexity index is 714. The van der Waals surface area contributed by atoms with Crippen molar-refractivity contribution in [1.29, 1.82) is 0 Å². The van der Waals surface area contributed by atoms with Gasteiger partial charge in [0.25, 0.3) is 0 Å². The highest BCUT2D eigenvalue weighted by molar-refractivity contribution is 5.76. The van der Waals surface area contributed by atoms with Gasteiger partial charge >= 0.3 is 6.09 Å². The van der Waals surface area contributed by atoms with Crippen LogP contribution in [0.25, 0.3) is 11.0 Å². The molecule has 0 aliphatic carbocycles. The highest BCUT2D eigenvalue weighted by Crippen LogP contribution is 2.12. The highest BCUT2D eigenvalue weighted by atomic mass is 16.6. The van der Waals surface area contributed by atoms with E-state index >= 15 is 0 Å². The SMILES string of the molecule is Cc1nc2ccc(C#CCNC(=O)OC(C)(C)C)cc2[nH]1. The number of imidazole rings is 1. The number of aryl methyl sites for hydroxylation is 1. The molecule has 110 valence electrons. The summed E-state index contributed by atoms with van der Waals surface area (Å²) >= 11 is 0. The van der Waals surface area contributed by atoms with Gasteiger partial charge in [0.2, 0.25) is 0 Å². The first-order chi connectivity index (χ1) is 9.83. The molecule has 0 fully saturated rings. The zero-order valence-electron chi connectivity index (χ0n) is 12.7. The maximum Gasteiger partial charge on any atom is 0.408 e. The first-order valence-corrected chi connectivity index (χ1v) is 6.75. The number of hydrogen-bond acceptors (Lipinski definition) is 3. The Balaban J connectivity index is 1.93. The largest absolute Gasteiger partial charge is 0.444 e. The van der Waals surface area contributed by atoms with Gasteiger partial charge < -0.3 is 15.0 Å². The number of carbonyl (C=O) groups is 1. The number of aromatic amines is 1. The van der Waals surface area contributed by atoms with E-state index in [1.807, 2.05) is 45.9 Å². The fraction of sp³-hybridized carbons (Fsp3) is 0.375. The lowest BCUT2D eigenvalue weighted by molar-refractivity contribution is 0.0535. The lowest BCUT2D eigenvalue weighted by atomic mass is 10.2. The second-order valence-corrected chi connectivity index (χ2v) is 5.71. The Labute approximate surface area is 124 Å². The minimum atomic E-state index is -0.499. The molecule has 0 unspecified atom stereocenters. The average Bonchev–Trinajstić information content (AvgIpc) is 2.71. The third kappa shape index (κ3) is 4.53. The molecule has 0 bridgehead atoms. The standard InChI is InChI=1S/C16H19N3O2/c1-11-18-13-8-7-12(10-14(13)19-11)6-5-9-17-15(20)21-16(2,3)4/h7-8,10H,9H2,1-4H3,(H,17,20)(H,18,19). The molecule has 0 saturated heterocycles. The van der Waals surface area contributed by atoms with Gasteiger partial charge in [-0.15, -0.1) is 0 Å². The van der Waals surface area contributed by atoms with E-state index in [9.17, 15) is 4.79 Å². The van der Waals surface area contributed by atoms with Gasteiger partial charge in [0, 0.05) is 5.56 Å². The Morgan fingerprint density at radius 3 is 2.90 bits per heavy atom. The smallest absolute Gasteiger partial charge is 0.408 e. The first kappa shape index (κ1) is 14.9. The molecule has 0 saturated carbocycles. The summed E-state index contributed by atoms with van der Waals surface area (Å²) in [4.78, 5) is 18.9. The molecular formula is C16H19N3O2. The number of aromatic nitrogens is 2. The first-order valence-electron chi connectivity index (χ1n) is 6.75. The second kappa shape index (κ2) is 5.88. The van der Waals surface area contributed by atoms with Crippen LogP contribution in [0.15, 0.2) is 18.2 Å². The van der Waals surface area contributed by atoms with E-state index in [2.05, 4.69) is 27.1 Å². The van der Waals surface area contributed by atoms with Crippen molar-refractivity contribution < 1.29 is 9.53 Å². The van der Waals surface area contributed by atoms with Crippen LogP contribution in [0.1, 0.15) is 32.2 Å². The Kier molecular flexibility index (Phi) is 4.18. The maximum absolute atomic E-state index is 11.4. The molecule has 1 amide bonds. The molecule has 0 spiro atoms. The van der Waals surface area contributed by atoms with E-state index in [4.69, 9.17) is 4.74 Å². The second-order valence-electron chi connectivity index (χ2n) is 5.71. The summed E-state index contributed by atoms with van der Waals surface area (Å²) < 4.78 is 5.12. The summed E-state index contributed by atoms with van der Waals surface area (Å²) in [6.45, 7) is 7.62. The summed E-state index contributed by atoms with van der Waals surface area (Å²) in [6, 6.07) is 5.77. The minimum Gasteiger partial charge on any atom is -0.444 e. The summed E-state index contributed by atoms with van der Waals surface area (Å²) in [5, 5.41) is 2.60. The zero-order chi connectivity index (χ0) is 15.5. The van der Waals surface area contributed by atoms with Crippen LogP contribution in [0.2, 0.25) is 0 Å². The third-order valence-corrected chi connectivity index (χ3v) is 2.55. The van der Waals surface area contributed by atoms with Crippen molar-refractivity contribution in [2.45, 2.75) is 33.3 Å². The fourth-order valence-corrected chi connectivity index (χ4v) is 1.79. The van der Waals surface area contributed by atoms with Gasteiger partial charge in [0.05, 0.1) is 17.6 Å². The number of benzene rings is 1. The summed E-state index contributed by atoms with van der Waals surface area (Å²) in [6.07, 6.45) is -0.462. The van der Waals surface area contributed by atoms with E-state index in [0.29, 0.717) is 0 Å². The molecule has 2 N–H and O–H groups in total. The number of rotatable bonds is 1. The molecule has 5 nitrogen and oxygen atoms in total. The van der Waals surface area contributed by atoms with E-state index in [1.165, 1.54) is 0 Å². The van der Waals surface area contributed by atoms with Gasteiger partial charge in [0.1, 0.15) is 11.4 Å². The van der Waals surface area contributed by atoms with Gasteiger partial charge in [-0.25, -0.2) is 9.78 Å². The van der Waals surface area contributed by atoms with Crippen molar-refractivity contribution in [2.24, 2.45) is 0 Å². The molecule has 5 heteroatoms. The number of ether oxygens (including phenoxy) is 1. The number of nitrogens with one attached hydrogen (secondary N) is 2. The number of amides is 1. The Hall–Kier alpha value is -2.48. The lowest BCUT2D eigenvalue weighted by Crippen LogP contribution is -2.32. The predicted octanol–water partition coefficient (Wildman–Crippen LogP) is 2.75. The number of alkyl carbamates (subject to hydrolysis) is 1. The van der Waals surface area contributed by atoms with Crippen LogP contribution in [0.4, 0.5) is 4.79 Å². The topological polar surface area (TPSA) is 67.0 Å². The number of H-pyrrole nitrogens is 1. The van der Waals surface area contributed by atoms with Crippen LogP contribution in [0.3, 0.4) is 0 Å². The molecule has 0 aliphatic heterocycles. The molecule has 1 heterocycles. The molecule has 1 aromatic carbocycles. The molecule has 0 radical (unpaired) electrons. The maximum atomic E-state index is 11.4.